The Hall–Kier alpha value is -1.66. The van der Waals surface area contributed by atoms with Crippen molar-refractivity contribution < 1.29 is 8.42 Å². The zero-order valence-corrected chi connectivity index (χ0v) is 13.9. The molecule has 0 saturated heterocycles. The minimum Gasteiger partial charge on any atom is -0.370 e. The molecule has 1 aromatic heterocycles. The molecule has 0 fully saturated rings. The molecule has 0 aliphatic heterocycles. The number of nitrogens with zero attached hydrogens (tertiary/aromatic N) is 2. The molecule has 7 heteroatoms. The second-order valence-electron chi connectivity index (χ2n) is 4.98. The zero-order valence-electron chi connectivity index (χ0n) is 12.3. The second kappa shape index (κ2) is 7.56. The predicted molar refractivity (Wildman–Crippen MR) is 88.8 cm³/mol. The Bertz CT molecular complexity index is 701. The number of anilines is 1. The van der Waals surface area contributed by atoms with Crippen LogP contribution >= 0.6 is 11.6 Å². The Morgan fingerprint density at radius 1 is 1.18 bits per heavy atom. The molecule has 1 heterocycles. The monoisotopic (exact) mass is 339 g/mol. The van der Waals surface area contributed by atoms with Gasteiger partial charge in [0.2, 0.25) is 0 Å². The molecule has 22 heavy (non-hydrogen) atoms. The van der Waals surface area contributed by atoms with Crippen molar-refractivity contribution in [3.05, 3.63) is 52.9 Å². The van der Waals surface area contributed by atoms with Crippen molar-refractivity contribution in [2.45, 2.75) is 19.1 Å². The molecule has 1 N–H and O–H groups in total. The van der Waals surface area contributed by atoms with E-state index in [1.807, 2.05) is 30.3 Å². The number of nitrogens with one attached hydrogen (secondary N) is 1. The molecule has 2 aromatic rings. The van der Waals surface area contributed by atoms with Crippen LogP contribution < -0.4 is 5.32 Å². The average molecular weight is 340 g/mol. The smallest absolute Gasteiger partial charge is 0.154 e. The van der Waals surface area contributed by atoms with Crippen LogP contribution in [0.4, 0.5) is 5.82 Å². The molecule has 0 unspecified atom stereocenters. The van der Waals surface area contributed by atoms with E-state index in [-0.39, 0.29) is 11.5 Å². The summed E-state index contributed by atoms with van der Waals surface area (Å²) >= 11 is 5.84. The maximum Gasteiger partial charge on any atom is 0.154 e. The number of sulfone groups is 1. The minimum absolute atomic E-state index is 0.0757. The Morgan fingerprint density at radius 3 is 2.59 bits per heavy atom. The van der Waals surface area contributed by atoms with Crippen molar-refractivity contribution in [3.8, 4) is 0 Å². The lowest BCUT2D eigenvalue weighted by atomic mass is 10.2. The van der Waals surface area contributed by atoms with Crippen LogP contribution in [0.2, 0.25) is 5.15 Å². The average Bonchev–Trinajstić information content (AvgIpc) is 2.43. The van der Waals surface area contributed by atoms with E-state index in [1.165, 1.54) is 0 Å². The molecule has 0 bridgehead atoms. The van der Waals surface area contributed by atoms with Crippen molar-refractivity contribution in [2.75, 3.05) is 17.6 Å². The van der Waals surface area contributed by atoms with Crippen LogP contribution in [0.1, 0.15) is 17.8 Å². The first-order chi connectivity index (χ1) is 10.4. The Labute approximate surface area is 135 Å². The summed E-state index contributed by atoms with van der Waals surface area (Å²) in [5.74, 6) is 1.39. The van der Waals surface area contributed by atoms with Crippen molar-refractivity contribution >= 4 is 27.3 Å². The van der Waals surface area contributed by atoms with Gasteiger partial charge in [-0.25, -0.2) is 18.4 Å². The molecule has 2 rings (SSSR count). The standard InChI is InChI=1S/C15H18ClN3O2S/c1-12-18-14(16)10-15(19-12)17-8-5-9-22(20,21)11-13-6-3-2-4-7-13/h2-4,6-7,10H,5,8-9,11H2,1H3,(H,17,18,19). The van der Waals surface area contributed by atoms with Crippen molar-refractivity contribution in [1.29, 1.82) is 0 Å². The first-order valence-corrected chi connectivity index (χ1v) is 9.14. The summed E-state index contributed by atoms with van der Waals surface area (Å²) < 4.78 is 24.1. The first-order valence-electron chi connectivity index (χ1n) is 6.94. The van der Waals surface area contributed by atoms with Crippen molar-refractivity contribution in [3.63, 3.8) is 0 Å². The molecule has 0 atom stereocenters. The number of hydrogen-bond donors (Lipinski definition) is 1. The summed E-state index contributed by atoms with van der Waals surface area (Å²) in [4.78, 5) is 8.15. The van der Waals surface area contributed by atoms with Crippen LogP contribution in [-0.4, -0.2) is 30.7 Å². The largest absolute Gasteiger partial charge is 0.370 e. The van der Waals surface area contributed by atoms with Crippen molar-refractivity contribution in [2.24, 2.45) is 0 Å². The normalized spacial score (nSPS) is 11.4. The highest BCUT2D eigenvalue weighted by atomic mass is 35.5. The molecule has 0 amide bonds. The summed E-state index contributed by atoms with van der Waals surface area (Å²) in [6, 6.07) is 10.8. The number of aryl methyl sites for hydroxylation is 1. The van der Waals surface area contributed by atoms with Gasteiger partial charge in [0.1, 0.15) is 16.8 Å². The van der Waals surface area contributed by atoms with Gasteiger partial charge in [0.25, 0.3) is 0 Å². The predicted octanol–water partition coefficient (Wildman–Crippen LogP) is 2.86. The minimum atomic E-state index is -3.10. The van der Waals surface area contributed by atoms with E-state index >= 15 is 0 Å². The number of hydrogen-bond acceptors (Lipinski definition) is 5. The summed E-state index contributed by atoms with van der Waals surface area (Å²) in [6.45, 7) is 2.27. The van der Waals surface area contributed by atoms with E-state index in [2.05, 4.69) is 15.3 Å². The lowest BCUT2D eigenvalue weighted by molar-refractivity contribution is 0.593. The molecule has 0 spiro atoms. The van der Waals surface area contributed by atoms with E-state index in [1.54, 1.807) is 13.0 Å². The van der Waals surface area contributed by atoms with E-state index in [0.29, 0.717) is 29.8 Å². The van der Waals surface area contributed by atoms with Crippen LogP contribution in [0.5, 0.6) is 0 Å². The number of rotatable bonds is 7. The fraction of sp³-hybridized carbons (Fsp3) is 0.333. The third-order valence-electron chi connectivity index (χ3n) is 2.97. The van der Waals surface area contributed by atoms with E-state index in [4.69, 9.17) is 11.6 Å². The van der Waals surface area contributed by atoms with Crippen LogP contribution in [0.3, 0.4) is 0 Å². The van der Waals surface area contributed by atoms with Crippen LogP contribution in [0.25, 0.3) is 0 Å². The topological polar surface area (TPSA) is 72.0 Å². The van der Waals surface area contributed by atoms with Gasteiger partial charge in [-0.2, -0.15) is 0 Å². The summed E-state index contributed by atoms with van der Waals surface area (Å²) in [5.41, 5.74) is 0.814. The van der Waals surface area contributed by atoms with Gasteiger partial charge in [0.15, 0.2) is 9.84 Å². The van der Waals surface area contributed by atoms with Gasteiger partial charge >= 0.3 is 0 Å². The molecule has 5 nitrogen and oxygen atoms in total. The number of benzene rings is 1. The Balaban J connectivity index is 1.80. The van der Waals surface area contributed by atoms with Crippen LogP contribution in [0.15, 0.2) is 36.4 Å². The van der Waals surface area contributed by atoms with Gasteiger partial charge < -0.3 is 5.32 Å². The molecule has 1 aromatic carbocycles. The zero-order chi connectivity index (χ0) is 16.0. The van der Waals surface area contributed by atoms with Gasteiger partial charge in [0.05, 0.1) is 11.5 Å². The SMILES string of the molecule is Cc1nc(Cl)cc(NCCCS(=O)(=O)Cc2ccccc2)n1. The lowest BCUT2D eigenvalue weighted by Crippen LogP contribution is -2.14. The molecule has 0 radical (unpaired) electrons. The molecular weight excluding hydrogens is 322 g/mol. The molecule has 0 aliphatic rings. The maximum absolute atomic E-state index is 12.0. The quantitative estimate of drug-likeness (QED) is 0.620. The third kappa shape index (κ3) is 5.61. The molecule has 0 saturated carbocycles. The summed E-state index contributed by atoms with van der Waals surface area (Å²) in [5, 5.41) is 3.43. The van der Waals surface area contributed by atoms with Crippen molar-refractivity contribution in [1.82, 2.24) is 9.97 Å². The van der Waals surface area contributed by atoms with Crippen LogP contribution in [0, 0.1) is 6.92 Å². The van der Waals surface area contributed by atoms with E-state index in [0.717, 1.165) is 5.56 Å². The summed E-state index contributed by atoms with van der Waals surface area (Å²) in [6.07, 6.45) is 0.510. The number of aromatic nitrogens is 2. The molecule has 118 valence electrons. The van der Waals surface area contributed by atoms with E-state index < -0.39 is 9.84 Å². The Morgan fingerprint density at radius 2 is 1.91 bits per heavy atom. The third-order valence-corrected chi connectivity index (χ3v) is 4.85. The van der Waals surface area contributed by atoms with Gasteiger partial charge in [0, 0.05) is 12.6 Å². The second-order valence-corrected chi connectivity index (χ2v) is 7.55. The summed E-state index contributed by atoms with van der Waals surface area (Å²) in [7, 11) is -3.10. The maximum atomic E-state index is 12.0. The first kappa shape index (κ1) is 16.7. The van der Waals surface area contributed by atoms with Gasteiger partial charge in [-0.3, -0.25) is 0 Å². The van der Waals surface area contributed by atoms with Crippen LogP contribution in [-0.2, 0) is 15.6 Å². The highest BCUT2D eigenvalue weighted by molar-refractivity contribution is 7.90. The fourth-order valence-corrected chi connectivity index (χ4v) is 3.69. The van der Waals surface area contributed by atoms with Gasteiger partial charge in [-0.05, 0) is 18.9 Å². The number of halogens is 1. The Kier molecular flexibility index (Phi) is 5.74. The van der Waals surface area contributed by atoms with Gasteiger partial charge in [-0.15, -0.1) is 0 Å². The molecule has 0 aliphatic carbocycles. The highest BCUT2D eigenvalue weighted by Crippen LogP contribution is 2.11. The van der Waals surface area contributed by atoms with E-state index in [9.17, 15) is 8.42 Å². The lowest BCUT2D eigenvalue weighted by Gasteiger charge is -2.07. The van der Waals surface area contributed by atoms with Gasteiger partial charge in [-0.1, -0.05) is 41.9 Å². The fourth-order valence-electron chi connectivity index (χ4n) is 2.03. The molecular formula is C15H18ClN3O2S. The highest BCUT2D eigenvalue weighted by Gasteiger charge is 2.11.